The summed E-state index contributed by atoms with van der Waals surface area (Å²) in [6, 6.07) is 0. The Morgan fingerprint density at radius 2 is 2.17 bits per heavy atom. The molecule has 0 atom stereocenters. The monoisotopic (exact) mass is 267 g/mol. The molecule has 18 heavy (non-hydrogen) atoms. The fourth-order valence-corrected chi connectivity index (χ4v) is 1.21. The predicted molar refractivity (Wildman–Crippen MR) is 52.0 cm³/mol. The van der Waals surface area contributed by atoms with Gasteiger partial charge in [-0.1, -0.05) is 0 Å². The summed E-state index contributed by atoms with van der Waals surface area (Å²) in [7, 11) is 1.01. The molecule has 0 aliphatic heterocycles. The number of methoxy groups -OCH3 is 1. The first-order valence-corrected chi connectivity index (χ1v) is 4.46. The van der Waals surface area contributed by atoms with Crippen LogP contribution in [0.3, 0.4) is 0 Å². The number of hydrogen-bond donors (Lipinski definition) is 1. The normalized spacial score (nSPS) is 11.2. The molecule has 0 bridgehead atoms. The third-order valence-corrected chi connectivity index (χ3v) is 1.86. The van der Waals surface area contributed by atoms with E-state index in [9.17, 15) is 23.3 Å². The molecule has 0 saturated carbocycles. The first-order valence-electron chi connectivity index (χ1n) is 4.46. The number of nitro groups is 1. The molecule has 0 amide bonds. The summed E-state index contributed by atoms with van der Waals surface area (Å²) in [6.45, 7) is -0.360. The van der Waals surface area contributed by atoms with E-state index >= 15 is 0 Å². The minimum absolute atomic E-state index is 0.194. The maximum absolute atomic E-state index is 12.2. The highest BCUT2D eigenvalue weighted by Crippen LogP contribution is 2.40. The molecular formula is C8H8F3N3O4. The third kappa shape index (κ3) is 2.97. The Balaban J connectivity index is 3.45. The van der Waals surface area contributed by atoms with Crippen LogP contribution in [0.5, 0.6) is 11.6 Å². The summed E-state index contributed by atoms with van der Waals surface area (Å²) in [5.41, 5.74) is 4.08. The fraction of sp³-hybridized carbons (Fsp3) is 0.375. The van der Waals surface area contributed by atoms with Gasteiger partial charge in [0.05, 0.1) is 17.6 Å². The molecule has 0 fully saturated rings. The summed E-state index contributed by atoms with van der Waals surface area (Å²) in [5, 5.41) is 10.8. The molecule has 7 nitrogen and oxygen atoms in total. The molecule has 100 valence electrons. The zero-order chi connectivity index (χ0) is 13.9. The van der Waals surface area contributed by atoms with Gasteiger partial charge in [-0.3, -0.25) is 10.1 Å². The molecule has 0 radical (unpaired) electrons. The van der Waals surface area contributed by atoms with Gasteiger partial charge >= 0.3 is 12.0 Å². The number of nitrogens with two attached hydrogens (primary N) is 1. The molecule has 0 spiro atoms. The van der Waals surface area contributed by atoms with E-state index in [-0.39, 0.29) is 12.1 Å². The zero-order valence-corrected chi connectivity index (χ0v) is 9.02. The zero-order valence-electron chi connectivity index (χ0n) is 9.02. The second kappa shape index (κ2) is 5.04. The lowest BCUT2D eigenvalue weighted by Gasteiger charge is -2.13. The van der Waals surface area contributed by atoms with Crippen molar-refractivity contribution in [2.45, 2.75) is 12.9 Å². The van der Waals surface area contributed by atoms with E-state index in [0.717, 1.165) is 13.3 Å². The van der Waals surface area contributed by atoms with Crippen molar-refractivity contribution in [2.75, 3.05) is 7.11 Å². The van der Waals surface area contributed by atoms with Gasteiger partial charge in [-0.15, -0.1) is 13.2 Å². The van der Waals surface area contributed by atoms with Crippen molar-refractivity contribution < 1.29 is 27.6 Å². The molecular weight excluding hydrogens is 259 g/mol. The number of pyridine rings is 1. The van der Waals surface area contributed by atoms with Gasteiger partial charge < -0.3 is 15.2 Å². The average Bonchev–Trinajstić information content (AvgIpc) is 2.25. The number of ether oxygens (including phenoxy) is 2. The smallest absolute Gasteiger partial charge is 0.478 e. The van der Waals surface area contributed by atoms with Gasteiger partial charge in [-0.2, -0.15) is 0 Å². The summed E-state index contributed by atoms with van der Waals surface area (Å²) in [4.78, 5) is 13.2. The SMILES string of the molecule is COc1ncc(CN)c([N+](=O)[O-])c1OC(F)(F)F. The lowest BCUT2D eigenvalue weighted by atomic mass is 10.2. The van der Waals surface area contributed by atoms with E-state index in [1.165, 1.54) is 0 Å². The second-order valence-electron chi connectivity index (χ2n) is 2.98. The van der Waals surface area contributed by atoms with E-state index < -0.39 is 28.6 Å². The molecule has 1 rings (SSSR count). The molecule has 0 saturated heterocycles. The van der Waals surface area contributed by atoms with Gasteiger partial charge in [0.1, 0.15) is 0 Å². The van der Waals surface area contributed by atoms with Crippen molar-refractivity contribution >= 4 is 5.69 Å². The predicted octanol–water partition coefficient (Wildman–Crippen LogP) is 1.36. The van der Waals surface area contributed by atoms with Crippen LogP contribution in [0.1, 0.15) is 5.56 Å². The highest BCUT2D eigenvalue weighted by Gasteiger charge is 2.38. The van der Waals surface area contributed by atoms with Crippen molar-refractivity contribution in [3.63, 3.8) is 0 Å². The molecule has 2 N–H and O–H groups in total. The number of halogens is 3. The lowest BCUT2D eigenvalue weighted by Crippen LogP contribution is -2.19. The Bertz CT molecular complexity index is 464. The molecule has 0 aliphatic carbocycles. The average molecular weight is 267 g/mol. The van der Waals surface area contributed by atoms with Crippen LogP contribution in [-0.2, 0) is 6.54 Å². The van der Waals surface area contributed by atoms with Gasteiger partial charge in [-0.05, 0) is 0 Å². The molecule has 10 heteroatoms. The highest BCUT2D eigenvalue weighted by atomic mass is 19.4. The maximum Gasteiger partial charge on any atom is 0.573 e. The summed E-state index contributed by atoms with van der Waals surface area (Å²) < 4.78 is 44.6. The van der Waals surface area contributed by atoms with Crippen LogP contribution in [-0.4, -0.2) is 23.4 Å². The molecule has 0 aliphatic rings. The second-order valence-corrected chi connectivity index (χ2v) is 2.98. The van der Waals surface area contributed by atoms with Gasteiger partial charge in [0, 0.05) is 12.7 Å². The Morgan fingerprint density at radius 3 is 2.56 bits per heavy atom. The number of alkyl halides is 3. The molecule has 0 aromatic carbocycles. The van der Waals surface area contributed by atoms with E-state index in [1.54, 1.807) is 0 Å². The standard InChI is InChI=1S/C8H8F3N3O4/c1-17-7-6(18-8(9,10)11)5(14(15)16)4(2-12)3-13-7/h3H,2,12H2,1H3. The van der Waals surface area contributed by atoms with Crippen LogP contribution in [0.2, 0.25) is 0 Å². The van der Waals surface area contributed by atoms with Crippen LogP contribution in [0.15, 0.2) is 6.20 Å². The quantitative estimate of drug-likeness (QED) is 0.652. The Labute approximate surface area is 98.5 Å². The topological polar surface area (TPSA) is 101 Å². The van der Waals surface area contributed by atoms with E-state index in [4.69, 9.17) is 5.73 Å². The molecule has 1 heterocycles. The fourth-order valence-electron chi connectivity index (χ4n) is 1.21. The number of aromatic nitrogens is 1. The lowest BCUT2D eigenvalue weighted by molar-refractivity contribution is -0.389. The van der Waals surface area contributed by atoms with E-state index in [2.05, 4.69) is 14.5 Å². The van der Waals surface area contributed by atoms with Gasteiger partial charge in [0.2, 0.25) is 0 Å². The third-order valence-electron chi connectivity index (χ3n) is 1.86. The first kappa shape index (κ1) is 14.0. The van der Waals surface area contributed by atoms with Crippen molar-refractivity contribution in [3.05, 3.63) is 21.9 Å². The molecule has 1 aromatic heterocycles. The summed E-state index contributed by atoms with van der Waals surface area (Å²) >= 11 is 0. The van der Waals surface area contributed by atoms with E-state index in [1.807, 2.05) is 0 Å². The summed E-state index contributed by atoms with van der Waals surface area (Å²) in [6.07, 6.45) is -4.15. The van der Waals surface area contributed by atoms with Crippen LogP contribution in [0.4, 0.5) is 18.9 Å². The number of rotatable bonds is 4. The van der Waals surface area contributed by atoms with Crippen LogP contribution < -0.4 is 15.2 Å². The summed E-state index contributed by atoms with van der Waals surface area (Å²) in [5.74, 6) is -1.76. The number of hydrogen-bond acceptors (Lipinski definition) is 6. The van der Waals surface area contributed by atoms with Crippen molar-refractivity contribution in [1.29, 1.82) is 0 Å². The van der Waals surface area contributed by atoms with Crippen molar-refractivity contribution in [3.8, 4) is 11.6 Å². The molecule has 0 unspecified atom stereocenters. The van der Waals surface area contributed by atoms with Crippen LogP contribution in [0.25, 0.3) is 0 Å². The maximum atomic E-state index is 12.2. The Morgan fingerprint density at radius 1 is 1.56 bits per heavy atom. The van der Waals surface area contributed by atoms with Crippen LogP contribution >= 0.6 is 0 Å². The van der Waals surface area contributed by atoms with Crippen molar-refractivity contribution in [1.82, 2.24) is 4.98 Å². The van der Waals surface area contributed by atoms with Gasteiger partial charge in [0.15, 0.2) is 0 Å². The van der Waals surface area contributed by atoms with Gasteiger partial charge in [-0.25, -0.2) is 4.98 Å². The van der Waals surface area contributed by atoms with Gasteiger partial charge in [0.25, 0.3) is 11.6 Å². The largest absolute Gasteiger partial charge is 0.573 e. The number of nitrogens with zero attached hydrogens (tertiary/aromatic N) is 2. The van der Waals surface area contributed by atoms with Crippen molar-refractivity contribution in [2.24, 2.45) is 5.73 Å². The molecule has 1 aromatic rings. The minimum atomic E-state index is -5.10. The highest BCUT2D eigenvalue weighted by molar-refractivity contribution is 5.57. The first-order chi connectivity index (χ1) is 8.30. The Hall–Kier alpha value is -2.10. The minimum Gasteiger partial charge on any atom is -0.478 e. The van der Waals surface area contributed by atoms with Crippen LogP contribution in [0, 0.1) is 10.1 Å². The van der Waals surface area contributed by atoms with E-state index in [0.29, 0.717) is 0 Å². The Kier molecular flexibility index (Phi) is 3.91.